The number of rotatable bonds is 6. The van der Waals surface area contributed by atoms with Gasteiger partial charge in [-0.15, -0.1) is 11.6 Å². The molecular formula is C9H21Cl2NO. The Labute approximate surface area is 92.9 Å². The summed E-state index contributed by atoms with van der Waals surface area (Å²) in [4.78, 5) is 0. The van der Waals surface area contributed by atoms with Crippen LogP contribution in [0.25, 0.3) is 0 Å². The number of aliphatic hydroxyl groups is 1. The summed E-state index contributed by atoms with van der Waals surface area (Å²) in [7, 11) is 0. The van der Waals surface area contributed by atoms with Gasteiger partial charge in [-0.2, -0.15) is 0 Å². The molecule has 0 aliphatic carbocycles. The number of likely N-dealkylation sites (N-methyl/N-ethyl adjacent to an activating group) is 1. The fourth-order valence-corrected chi connectivity index (χ4v) is 1.65. The van der Waals surface area contributed by atoms with Crippen molar-refractivity contribution in [2.75, 3.05) is 32.1 Å². The Morgan fingerprint density at radius 1 is 1.15 bits per heavy atom. The number of hydrogen-bond acceptors (Lipinski definition) is 1. The Hall–Kier alpha value is 0.500. The Kier molecular flexibility index (Phi) is 9.65. The van der Waals surface area contributed by atoms with Crippen molar-refractivity contribution >= 4 is 11.6 Å². The van der Waals surface area contributed by atoms with Gasteiger partial charge in [0.2, 0.25) is 0 Å². The molecule has 0 aliphatic heterocycles. The quantitative estimate of drug-likeness (QED) is 0.433. The van der Waals surface area contributed by atoms with Gasteiger partial charge < -0.3 is 22.0 Å². The Morgan fingerprint density at radius 3 is 1.77 bits per heavy atom. The third-order valence-electron chi connectivity index (χ3n) is 2.79. The molecule has 1 atom stereocenters. The topological polar surface area (TPSA) is 20.2 Å². The van der Waals surface area contributed by atoms with Gasteiger partial charge >= 0.3 is 0 Å². The summed E-state index contributed by atoms with van der Waals surface area (Å²) in [5.74, 6) is 0.347. The van der Waals surface area contributed by atoms with Gasteiger partial charge in [-0.3, -0.25) is 0 Å². The summed E-state index contributed by atoms with van der Waals surface area (Å²) >= 11 is 5.57. The van der Waals surface area contributed by atoms with E-state index in [9.17, 15) is 5.11 Å². The lowest BCUT2D eigenvalue weighted by Gasteiger charge is -2.37. The highest BCUT2D eigenvalue weighted by Gasteiger charge is 2.24. The van der Waals surface area contributed by atoms with E-state index in [1.165, 1.54) is 0 Å². The molecule has 0 amide bonds. The minimum atomic E-state index is -0.355. The third kappa shape index (κ3) is 5.06. The maximum atomic E-state index is 9.44. The van der Waals surface area contributed by atoms with Crippen molar-refractivity contribution in [3.63, 3.8) is 0 Å². The van der Waals surface area contributed by atoms with Crippen molar-refractivity contribution < 1.29 is 22.0 Å². The molecule has 2 nitrogen and oxygen atoms in total. The Bertz CT molecular complexity index is 110. The minimum Gasteiger partial charge on any atom is -1.00 e. The van der Waals surface area contributed by atoms with Gasteiger partial charge in [0, 0.05) is 0 Å². The van der Waals surface area contributed by atoms with Crippen LogP contribution < -0.4 is 12.4 Å². The second-order valence-electron chi connectivity index (χ2n) is 3.28. The molecule has 4 heteroatoms. The van der Waals surface area contributed by atoms with E-state index in [1.807, 2.05) is 0 Å². The molecule has 0 rings (SSSR count). The van der Waals surface area contributed by atoms with Gasteiger partial charge in [0.05, 0.1) is 25.5 Å². The normalized spacial score (nSPS) is 13.6. The molecule has 0 saturated carbocycles. The molecule has 0 radical (unpaired) electrons. The molecule has 0 aliphatic rings. The van der Waals surface area contributed by atoms with Crippen LogP contribution in [0.2, 0.25) is 0 Å². The number of halogens is 2. The Balaban J connectivity index is 0. The third-order valence-corrected chi connectivity index (χ3v) is 3.14. The number of quaternary nitrogens is 1. The monoisotopic (exact) mass is 229 g/mol. The standard InChI is InChI=1S/C9H21ClNO.ClH/c1-4-11(5-2,6-3)8-9(12)7-10;/h9,12H,4-8H2,1-3H3;1H/q+1;/p-1/t9-;/m0./s1. The summed E-state index contributed by atoms with van der Waals surface area (Å²) in [6.45, 7) is 10.5. The minimum absolute atomic E-state index is 0. The maximum Gasteiger partial charge on any atom is 0.116 e. The van der Waals surface area contributed by atoms with Crippen molar-refractivity contribution in [1.29, 1.82) is 0 Å². The molecule has 0 aromatic carbocycles. The Morgan fingerprint density at radius 2 is 1.54 bits per heavy atom. The molecular weight excluding hydrogens is 209 g/mol. The lowest BCUT2D eigenvalue weighted by Crippen LogP contribution is -3.00. The molecule has 13 heavy (non-hydrogen) atoms. The van der Waals surface area contributed by atoms with Crippen LogP contribution >= 0.6 is 11.6 Å². The summed E-state index contributed by atoms with van der Waals surface area (Å²) in [5, 5.41) is 9.44. The number of hydrogen-bond donors (Lipinski definition) is 1. The first-order valence-electron chi connectivity index (χ1n) is 4.73. The van der Waals surface area contributed by atoms with Crippen LogP contribution in [-0.4, -0.2) is 47.8 Å². The van der Waals surface area contributed by atoms with E-state index in [0.717, 1.165) is 30.7 Å². The molecule has 0 unspecified atom stereocenters. The summed E-state index contributed by atoms with van der Waals surface area (Å²) in [6, 6.07) is 0. The van der Waals surface area contributed by atoms with E-state index in [0.29, 0.717) is 5.88 Å². The van der Waals surface area contributed by atoms with Crippen LogP contribution in [0.3, 0.4) is 0 Å². The largest absolute Gasteiger partial charge is 1.00 e. The van der Waals surface area contributed by atoms with Gasteiger partial charge in [-0.25, -0.2) is 0 Å². The van der Waals surface area contributed by atoms with Gasteiger partial charge in [-0.05, 0) is 20.8 Å². The average molecular weight is 230 g/mol. The maximum absolute atomic E-state index is 9.44. The molecule has 0 heterocycles. The fraction of sp³-hybridized carbons (Fsp3) is 1.00. The van der Waals surface area contributed by atoms with Gasteiger partial charge in [0.25, 0.3) is 0 Å². The fourth-order valence-electron chi connectivity index (χ4n) is 1.55. The van der Waals surface area contributed by atoms with E-state index in [1.54, 1.807) is 0 Å². The number of alkyl halides is 1. The predicted molar refractivity (Wildman–Crippen MR) is 53.5 cm³/mol. The SMILES string of the molecule is CC[N+](CC)(CC)C[C@@H](O)CCl.[Cl-]. The molecule has 1 N–H and O–H groups in total. The van der Waals surface area contributed by atoms with Crippen molar-refractivity contribution in [3.8, 4) is 0 Å². The number of aliphatic hydroxyl groups excluding tert-OH is 1. The summed E-state index contributed by atoms with van der Waals surface area (Å²) < 4.78 is 0.966. The van der Waals surface area contributed by atoms with Crippen LogP contribution in [0.4, 0.5) is 0 Å². The molecule has 0 spiro atoms. The molecule has 0 bridgehead atoms. The first-order valence-corrected chi connectivity index (χ1v) is 5.26. The molecule has 0 aromatic rings. The second-order valence-corrected chi connectivity index (χ2v) is 3.59. The summed E-state index contributed by atoms with van der Waals surface area (Å²) in [5.41, 5.74) is 0. The second kappa shape index (κ2) is 7.86. The molecule has 0 fully saturated rings. The van der Waals surface area contributed by atoms with Crippen molar-refractivity contribution in [2.24, 2.45) is 0 Å². The highest BCUT2D eigenvalue weighted by molar-refractivity contribution is 6.18. The van der Waals surface area contributed by atoms with E-state index < -0.39 is 0 Å². The summed E-state index contributed by atoms with van der Waals surface area (Å²) in [6.07, 6.45) is -0.355. The molecule has 82 valence electrons. The van der Waals surface area contributed by atoms with E-state index in [4.69, 9.17) is 11.6 Å². The van der Waals surface area contributed by atoms with Crippen molar-refractivity contribution in [1.82, 2.24) is 0 Å². The first kappa shape index (κ1) is 15.9. The smallest absolute Gasteiger partial charge is 0.116 e. The van der Waals surface area contributed by atoms with Gasteiger partial charge in [0.1, 0.15) is 12.6 Å². The zero-order chi connectivity index (χ0) is 9.61. The van der Waals surface area contributed by atoms with E-state index in [2.05, 4.69) is 20.8 Å². The van der Waals surface area contributed by atoms with Crippen LogP contribution in [0.1, 0.15) is 20.8 Å². The van der Waals surface area contributed by atoms with Crippen LogP contribution in [0.15, 0.2) is 0 Å². The lowest BCUT2D eigenvalue weighted by atomic mass is 10.2. The van der Waals surface area contributed by atoms with Crippen molar-refractivity contribution in [2.45, 2.75) is 26.9 Å². The average Bonchev–Trinajstić information content (AvgIpc) is 2.14. The molecule has 0 saturated heterocycles. The highest BCUT2D eigenvalue weighted by Crippen LogP contribution is 2.07. The zero-order valence-corrected chi connectivity index (χ0v) is 10.3. The van der Waals surface area contributed by atoms with E-state index >= 15 is 0 Å². The lowest BCUT2D eigenvalue weighted by molar-refractivity contribution is -0.925. The van der Waals surface area contributed by atoms with Gasteiger partial charge in [-0.1, -0.05) is 0 Å². The zero-order valence-electron chi connectivity index (χ0n) is 8.76. The number of nitrogens with zero attached hydrogens (tertiary/aromatic N) is 1. The van der Waals surface area contributed by atoms with Gasteiger partial charge in [0.15, 0.2) is 0 Å². The van der Waals surface area contributed by atoms with Crippen LogP contribution in [0.5, 0.6) is 0 Å². The predicted octanol–water partition coefficient (Wildman–Crippen LogP) is -1.53. The first-order chi connectivity index (χ1) is 5.64. The molecule has 0 aromatic heterocycles. The van der Waals surface area contributed by atoms with Crippen molar-refractivity contribution in [3.05, 3.63) is 0 Å². The van der Waals surface area contributed by atoms with Crippen LogP contribution in [0, 0.1) is 0 Å². The van der Waals surface area contributed by atoms with E-state index in [-0.39, 0.29) is 18.5 Å². The van der Waals surface area contributed by atoms with Crippen LogP contribution in [-0.2, 0) is 0 Å². The highest BCUT2D eigenvalue weighted by atomic mass is 35.5.